The van der Waals surface area contributed by atoms with Gasteiger partial charge in [0, 0.05) is 18.3 Å². The van der Waals surface area contributed by atoms with Crippen LogP contribution in [0.5, 0.6) is 5.75 Å². The number of aromatic nitrogens is 2. The Labute approximate surface area is 177 Å². The summed E-state index contributed by atoms with van der Waals surface area (Å²) in [5.74, 6) is 0.284. The van der Waals surface area contributed by atoms with Gasteiger partial charge in [0.2, 0.25) is 5.91 Å². The number of benzene rings is 2. The van der Waals surface area contributed by atoms with Gasteiger partial charge in [0.25, 0.3) is 0 Å². The molecule has 29 heavy (non-hydrogen) atoms. The van der Waals surface area contributed by atoms with Crippen molar-refractivity contribution in [1.29, 1.82) is 0 Å². The van der Waals surface area contributed by atoms with Crippen molar-refractivity contribution in [2.24, 2.45) is 7.05 Å². The number of rotatable bonds is 8. The van der Waals surface area contributed by atoms with E-state index in [9.17, 15) is 9.18 Å². The molecule has 1 heterocycles. The summed E-state index contributed by atoms with van der Waals surface area (Å²) in [4.78, 5) is 12.3. The molecule has 0 aliphatic rings. The maximum atomic E-state index is 12.9. The van der Waals surface area contributed by atoms with Gasteiger partial charge in [0.05, 0.1) is 30.0 Å². The van der Waals surface area contributed by atoms with Crippen molar-refractivity contribution in [3.05, 3.63) is 64.5 Å². The quantitative estimate of drug-likeness (QED) is 0.502. The average Bonchev–Trinajstić information content (AvgIpc) is 3.04. The van der Waals surface area contributed by atoms with Gasteiger partial charge in [-0.1, -0.05) is 12.1 Å². The smallest absolute Gasteiger partial charge is 0.238 e. The van der Waals surface area contributed by atoms with E-state index in [2.05, 4.69) is 31.7 Å². The monoisotopic (exact) mass is 460 g/mol. The molecule has 1 amide bonds. The SMILES string of the molecule is COc1ccc(NC(=O)CNCCc2ccc(F)cc2)cc1-c1c(Br)cnn1C. The number of hydrogen-bond acceptors (Lipinski definition) is 4. The first kappa shape index (κ1) is 21.0. The number of anilines is 1. The number of nitrogens with zero attached hydrogens (tertiary/aromatic N) is 2. The number of ether oxygens (including phenoxy) is 1. The maximum Gasteiger partial charge on any atom is 0.238 e. The van der Waals surface area contributed by atoms with Crippen LogP contribution in [0.3, 0.4) is 0 Å². The summed E-state index contributed by atoms with van der Waals surface area (Å²) in [5, 5.41) is 10.2. The van der Waals surface area contributed by atoms with Gasteiger partial charge in [-0.3, -0.25) is 9.48 Å². The second kappa shape index (κ2) is 9.67. The lowest BCUT2D eigenvalue weighted by Crippen LogP contribution is -2.29. The van der Waals surface area contributed by atoms with Crippen LogP contribution in [0.15, 0.2) is 53.1 Å². The third-order valence-electron chi connectivity index (χ3n) is 4.42. The number of nitrogens with one attached hydrogen (secondary N) is 2. The van der Waals surface area contributed by atoms with E-state index in [-0.39, 0.29) is 18.3 Å². The van der Waals surface area contributed by atoms with E-state index in [1.165, 1.54) is 12.1 Å². The third-order valence-corrected chi connectivity index (χ3v) is 5.00. The maximum absolute atomic E-state index is 12.9. The molecule has 152 valence electrons. The topological polar surface area (TPSA) is 68.2 Å². The molecule has 3 rings (SSSR count). The molecule has 3 aromatic rings. The fourth-order valence-electron chi connectivity index (χ4n) is 2.98. The molecule has 2 aromatic carbocycles. The van der Waals surface area contributed by atoms with E-state index < -0.39 is 0 Å². The Morgan fingerprint density at radius 1 is 1.24 bits per heavy atom. The Bertz CT molecular complexity index is 969. The van der Waals surface area contributed by atoms with Crippen molar-refractivity contribution in [1.82, 2.24) is 15.1 Å². The summed E-state index contributed by atoms with van der Waals surface area (Å²) in [6, 6.07) is 11.8. The van der Waals surface area contributed by atoms with Crippen LogP contribution in [0.25, 0.3) is 11.3 Å². The van der Waals surface area contributed by atoms with Crippen LogP contribution in [0, 0.1) is 5.82 Å². The van der Waals surface area contributed by atoms with Gasteiger partial charge in [-0.25, -0.2) is 4.39 Å². The molecule has 0 spiro atoms. The minimum atomic E-state index is -0.252. The third kappa shape index (κ3) is 5.42. The van der Waals surface area contributed by atoms with Crippen molar-refractivity contribution in [3.8, 4) is 17.0 Å². The standard InChI is InChI=1S/C21H22BrFN4O2/c1-27-21(18(22)12-25-27)17-11-16(7-8-19(17)29-2)26-20(28)13-24-10-9-14-3-5-15(23)6-4-14/h3-8,11-12,24H,9-10,13H2,1-2H3,(H,26,28). The second-order valence-electron chi connectivity index (χ2n) is 6.48. The number of aryl methyl sites for hydroxylation is 1. The van der Waals surface area contributed by atoms with E-state index in [0.717, 1.165) is 27.7 Å². The Balaban J connectivity index is 1.59. The first-order valence-electron chi connectivity index (χ1n) is 9.09. The molecule has 0 saturated carbocycles. The molecule has 0 radical (unpaired) electrons. The zero-order valence-corrected chi connectivity index (χ0v) is 17.8. The summed E-state index contributed by atoms with van der Waals surface area (Å²) in [6.45, 7) is 0.798. The molecule has 0 aliphatic heterocycles. The van der Waals surface area contributed by atoms with Gasteiger partial charge in [0.15, 0.2) is 0 Å². The molecule has 6 nitrogen and oxygen atoms in total. The minimum Gasteiger partial charge on any atom is -0.496 e. The van der Waals surface area contributed by atoms with Crippen LogP contribution in [0.2, 0.25) is 0 Å². The van der Waals surface area contributed by atoms with Crippen LogP contribution in [-0.4, -0.2) is 35.9 Å². The zero-order chi connectivity index (χ0) is 20.8. The predicted molar refractivity (Wildman–Crippen MR) is 114 cm³/mol. The largest absolute Gasteiger partial charge is 0.496 e. The molecule has 8 heteroatoms. The number of methoxy groups -OCH3 is 1. The van der Waals surface area contributed by atoms with Crippen molar-refractivity contribution in [2.45, 2.75) is 6.42 Å². The summed E-state index contributed by atoms with van der Waals surface area (Å²) >= 11 is 3.50. The zero-order valence-electron chi connectivity index (χ0n) is 16.2. The van der Waals surface area contributed by atoms with Crippen molar-refractivity contribution in [3.63, 3.8) is 0 Å². The molecule has 0 saturated heterocycles. The Morgan fingerprint density at radius 2 is 2.00 bits per heavy atom. The Morgan fingerprint density at radius 3 is 2.66 bits per heavy atom. The lowest BCUT2D eigenvalue weighted by molar-refractivity contribution is -0.115. The van der Waals surface area contributed by atoms with Gasteiger partial charge in [-0.2, -0.15) is 5.10 Å². The molecular formula is C21H22BrFN4O2. The first-order valence-corrected chi connectivity index (χ1v) is 9.88. The molecule has 0 unspecified atom stereocenters. The summed E-state index contributed by atoms with van der Waals surface area (Å²) in [6.07, 6.45) is 2.43. The van der Waals surface area contributed by atoms with Crippen LogP contribution < -0.4 is 15.4 Å². The van der Waals surface area contributed by atoms with Gasteiger partial charge >= 0.3 is 0 Å². The average molecular weight is 461 g/mol. The number of hydrogen-bond donors (Lipinski definition) is 2. The molecule has 0 aliphatic carbocycles. The lowest BCUT2D eigenvalue weighted by atomic mass is 10.1. The highest BCUT2D eigenvalue weighted by Gasteiger charge is 2.15. The van der Waals surface area contributed by atoms with Crippen LogP contribution >= 0.6 is 15.9 Å². The van der Waals surface area contributed by atoms with Crippen LogP contribution in [0.1, 0.15) is 5.56 Å². The number of carbonyl (C=O) groups is 1. The number of amides is 1. The van der Waals surface area contributed by atoms with Gasteiger partial charge in [-0.15, -0.1) is 0 Å². The Hall–Kier alpha value is -2.71. The summed E-state index contributed by atoms with van der Waals surface area (Å²) < 4.78 is 20.9. The highest BCUT2D eigenvalue weighted by Crippen LogP contribution is 2.36. The Kier molecular flexibility index (Phi) is 7.00. The van der Waals surface area contributed by atoms with Crippen LogP contribution in [0.4, 0.5) is 10.1 Å². The van der Waals surface area contributed by atoms with Gasteiger partial charge in [0.1, 0.15) is 11.6 Å². The summed E-state index contributed by atoms with van der Waals surface area (Å²) in [7, 11) is 3.45. The number of carbonyl (C=O) groups excluding carboxylic acids is 1. The molecular weight excluding hydrogens is 439 g/mol. The fourth-order valence-corrected chi connectivity index (χ4v) is 3.54. The normalized spacial score (nSPS) is 10.8. The van der Waals surface area contributed by atoms with E-state index in [1.54, 1.807) is 36.2 Å². The molecule has 0 bridgehead atoms. The molecule has 0 fully saturated rings. The number of halogens is 2. The van der Waals surface area contributed by atoms with Crippen molar-refractivity contribution < 1.29 is 13.9 Å². The second-order valence-corrected chi connectivity index (χ2v) is 7.34. The van der Waals surface area contributed by atoms with E-state index in [0.29, 0.717) is 18.0 Å². The van der Waals surface area contributed by atoms with Gasteiger partial charge < -0.3 is 15.4 Å². The molecule has 1 aromatic heterocycles. The fraction of sp³-hybridized carbons (Fsp3) is 0.238. The highest BCUT2D eigenvalue weighted by atomic mass is 79.9. The molecule has 2 N–H and O–H groups in total. The highest BCUT2D eigenvalue weighted by molar-refractivity contribution is 9.10. The predicted octanol–water partition coefficient (Wildman–Crippen LogP) is 3.77. The first-order chi connectivity index (χ1) is 14.0. The van der Waals surface area contributed by atoms with Gasteiger partial charge in [-0.05, 0) is 64.8 Å². The van der Waals surface area contributed by atoms with E-state index in [4.69, 9.17) is 4.74 Å². The van der Waals surface area contributed by atoms with Crippen LogP contribution in [-0.2, 0) is 18.3 Å². The minimum absolute atomic E-state index is 0.149. The van der Waals surface area contributed by atoms with E-state index >= 15 is 0 Å². The lowest BCUT2D eigenvalue weighted by Gasteiger charge is -2.13. The van der Waals surface area contributed by atoms with E-state index in [1.807, 2.05) is 19.2 Å². The molecule has 0 atom stereocenters. The van der Waals surface area contributed by atoms with Crippen molar-refractivity contribution in [2.75, 3.05) is 25.5 Å². The van der Waals surface area contributed by atoms with Crippen molar-refractivity contribution >= 4 is 27.5 Å². The summed E-state index contributed by atoms with van der Waals surface area (Å²) in [5.41, 5.74) is 3.36.